The van der Waals surface area contributed by atoms with E-state index < -0.39 is 0 Å². The molecule has 0 heterocycles. The lowest BCUT2D eigenvalue weighted by molar-refractivity contribution is 0.251. The van der Waals surface area contributed by atoms with Crippen LogP contribution in [0.5, 0.6) is 0 Å². The van der Waals surface area contributed by atoms with Crippen LogP contribution in [0.1, 0.15) is 43.4 Å². The van der Waals surface area contributed by atoms with Crippen molar-refractivity contribution in [2.75, 3.05) is 20.1 Å². The fourth-order valence-electron chi connectivity index (χ4n) is 2.76. The Morgan fingerprint density at radius 1 is 1.26 bits per heavy atom. The molecular weight excluding hydrogens is 232 g/mol. The average molecular weight is 260 g/mol. The van der Waals surface area contributed by atoms with Crippen molar-refractivity contribution in [1.82, 2.24) is 10.2 Å². The van der Waals surface area contributed by atoms with E-state index in [-0.39, 0.29) is 0 Å². The number of nitrogens with zero attached hydrogens (tertiary/aromatic N) is 1. The highest BCUT2D eigenvalue weighted by Crippen LogP contribution is 2.22. The second-order valence-corrected chi connectivity index (χ2v) is 5.87. The van der Waals surface area contributed by atoms with Gasteiger partial charge in [-0.3, -0.25) is 0 Å². The predicted octanol–water partition coefficient (Wildman–Crippen LogP) is 3.00. The van der Waals surface area contributed by atoms with Gasteiger partial charge in [-0.15, -0.1) is 0 Å². The molecule has 0 amide bonds. The van der Waals surface area contributed by atoms with Crippen molar-refractivity contribution < 1.29 is 0 Å². The van der Waals surface area contributed by atoms with E-state index >= 15 is 0 Å². The Morgan fingerprint density at radius 2 is 2.05 bits per heavy atom. The molecule has 1 aromatic rings. The third kappa shape index (κ3) is 4.05. The monoisotopic (exact) mass is 260 g/mol. The SMILES string of the molecule is CCC(C)N(C)CCNCc1ccc2c(c1)CCC2. The minimum atomic E-state index is 0.682. The van der Waals surface area contributed by atoms with E-state index in [0.717, 1.165) is 19.6 Å². The van der Waals surface area contributed by atoms with Gasteiger partial charge >= 0.3 is 0 Å². The molecule has 1 aromatic carbocycles. The first-order valence-electron chi connectivity index (χ1n) is 7.72. The zero-order valence-electron chi connectivity index (χ0n) is 12.7. The molecule has 0 saturated heterocycles. The van der Waals surface area contributed by atoms with Gasteiger partial charge in [0.15, 0.2) is 0 Å². The Hall–Kier alpha value is -0.860. The maximum atomic E-state index is 3.56. The van der Waals surface area contributed by atoms with E-state index in [9.17, 15) is 0 Å². The molecule has 2 rings (SSSR count). The topological polar surface area (TPSA) is 15.3 Å². The molecule has 0 aromatic heterocycles. The lowest BCUT2D eigenvalue weighted by Crippen LogP contribution is -2.34. The maximum Gasteiger partial charge on any atom is 0.0206 e. The molecule has 0 radical (unpaired) electrons. The number of benzene rings is 1. The Balaban J connectivity index is 1.71. The van der Waals surface area contributed by atoms with E-state index in [0.29, 0.717) is 6.04 Å². The zero-order valence-corrected chi connectivity index (χ0v) is 12.7. The normalized spacial score (nSPS) is 15.8. The van der Waals surface area contributed by atoms with Crippen molar-refractivity contribution in [3.63, 3.8) is 0 Å². The second-order valence-electron chi connectivity index (χ2n) is 5.87. The first-order valence-corrected chi connectivity index (χ1v) is 7.72. The molecule has 1 unspecified atom stereocenters. The minimum absolute atomic E-state index is 0.682. The Morgan fingerprint density at radius 3 is 2.84 bits per heavy atom. The summed E-state index contributed by atoms with van der Waals surface area (Å²) in [5.74, 6) is 0. The quantitative estimate of drug-likeness (QED) is 0.758. The van der Waals surface area contributed by atoms with Crippen LogP contribution in [0.2, 0.25) is 0 Å². The second kappa shape index (κ2) is 7.06. The Bertz CT molecular complexity index is 400. The average Bonchev–Trinajstić information content (AvgIpc) is 2.89. The van der Waals surface area contributed by atoms with Gasteiger partial charge in [0.05, 0.1) is 0 Å². The molecule has 0 bridgehead atoms. The number of rotatable bonds is 7. The van der Waals surface area contributed by atoms with Gasteiger partial charge in [-0.25, -0.2) is 0 Å². The molecule has 2 heteroatoms. The highest BCUT2D eigenvalue weighted by Gasteiger charge is 2.10. The van der Waals surface area contributed by atoms with Crippen molar-refractivity contribution in [3.8, 4) is 0 Å². The van der Waals surface area contributed by atoms with Gasteiger partial charge in [0.1, 0.15) is 0 Å². The van der Waals surface area contributed by atoms with Gasteiger partial charge in [-0.1, -0.05) is 25.1 Å². The van der Waals surface area contributed by atoms with E-state index in [1.54, 1.807) is 11.1 Å². The molecule has 0 spiro atoms. The van der Waals surface area contributed by atoms with Crippen molar-refractivity contribution in [3.05, 3.63) is 34.9 Å². The number of fused-ring (bicyclic) bond motifs is 1. The summed E-state index contributed by atoms with van der Waals surface area (Å²) in [4.78, 5) is 2.43. The molecule has 1 aliphatic rings. The summed E-state index contributed by atoms with van der Waals surface area (Å²) in [6.45, 7) is 7.74. The highest BCUT2D eigenvalue weighted by atomic mass is 15.1. The number of hydrogen-bond donors (Lipinski definition) is 1. The smallest absolute Gasteiger partial charge is 0.0206 e. The van der Waals surface area contributed by atoms with Crippen LogP contribution in [0.25, 0.3) is 0 Å². The number of likely N-dealkylation sites (N-methyl/N-ethyl adjacent to an activating group) is 1. The van der Waals surface area contributed by atoms with Gasteiger partial charge in [-0.05, 0) is 56.3 Å². The van der Waals surface area contributed by atoms with Crippen LogP contribution < -0.4 is 5.32 Å². The first-order chi connectivity index (χ1) is 9.20. The van der Waals surface area contributed by atoms with Gasteiger partial charge in [0, 0.05) is 25.7 Å². The van der Waals surface area contributed by atoms with Crippen molar-refractivity contribution in [2.24, 2.45) is 0 Å². The van der Waals surface area contributed by atoms with Crippen molar-refractivity contribution in [1.29, 1.82) is 0 Å². The maximum absolute atomic E-state index is 3.56. The molecule has 2 nitrogen and oxygen atoms in total. The molecule has 1 aliphatic carbocycles. The molecule has 0 aliphatic heterocycles. The van der Waals surface area contributed by atoms with Crippen LogP contribution >= 0.6 is 0 Å². The molecule has 0 fully saturated rings. The molecule has 19 heavy (non-hydrogen) atoms. The third-order valence-electron chi connectivity index (χ3n) is 4.48. The largest absolute Gasteiger partial charge is 0.311 e. The Labute approximate surface area is 118 Å². The lowest BCUT2D eigenvalue weighted by Gasteiger charge is -2.23. The van der Waals surface area contributed by atoms with Crippen molar-refractivity contribution >= 4 is 0 Å². The first kappa shape index (κ1) is 14.5. The van der Waals surface area contributed by atoms with Gasteiger partial charge in [0.25, 0.3) is 0 Å². The highest BCUT2D eigenvalue weighted by molar-refractivity contribution is 5.35. The van der Waals surface area contributed by atoms with Crippen LogP contribution in [0.4, 0.5) is 0 Å². The molecular formula is C17H28N2. The van der Waals surface area contributed by atoms with Crippen LogP contribution in [0.3, 0.4) is 0 Å². The molecule has 1 atom stereocenters. The van der Waals surface area contributed by atoms with Gasteiger partial charge < -0.3 is 10.2 Å². The zero-order chi connectivity index (χ0) is 13.7. The fourth-order valence-corrected chi connectivity index (χ4v) is 2.76. The van der Waals surface area contributed by atoms with E-state index in [1.165, 1.54) is 31.2 Å². The fraction of sp³-hybridized carbons (Fsp3) is 0.647. The summed E-state index contributed by atoms with van der Waals surface area (Å²) in [5.41, 5.74) is 4.59. The molecule has 1 N–H and O–H groups in total. The number of hydrogen-bond acceptors (Lipinski definition) is 2. The van der Waals surface area contributed by atoms with E-state index in [1.807, 2.05) is 0 Å². The lowest BCUT2D eigenvalue weighted by atomic mass is 10.1. The van der Waals surface area contributed by atoms with Gasteiger partial charge in [-0.2, -0.15) is 0 Å². The van der Waals surface area contributed by atoms with Crippen LogP contribution in [0.15, 0.2) is 18.2 Å². The number of aryl methyl sites for hydroxylation is 2. The summed E-state index contributed by atoms with van der Waals surface area (Å²) >= 11 is 0. The van der Waals surface area contributed by atoms with Crippen molar-refractivity contribution in [2.45, 2.75) is 52.1 Å². The Kier molecular flexibility index (Phi) is 5.41. The molecule has 106 valence electrons. The van der Waals surface area contributed by atoms with Gasteiger partial charge in [0.2, 0.25) is 0 Å². The van der Waals surface area contributed by atoms with E-state index in [2.05, 4.69) is 49.3 Å². The summed E-state index contributed by atoms with van der Waals surface area (Å²) in [7, 11) is 2.21. The minimum Gasteiger partial charge on any atom is -0.311 e. The predicted molar refractivity (Wildman–Crippen MR) is 82.6 cm³/mol. The summed E-state index contributed by atoms with van der Waals surface area (Å²) in [6, 6.07) is 7.69. The summed E-state index contributed by atoms with van der Waals surface area (Å²) in [5, 5.41) is 3.56. The standard InChI is InChI=1S/C17H28N2/c1-4-14(2)19(3)11-10-18-13-15-8-9-16-6-5-7-17(16)12-15/h8-9,12,14,18H,4-7,10-11,13H2,1-3H3. The van der Waals surface area contributed by atoms with Crippen LogP contribution in [0, 0.1) is 0 Å². The molecule has 0 saturated carbocycles. The summed E-state index contributed by atoms with van der Waals surface area (Å²) in [6.07, 6.45) is 5.12. The summed E-state index contributed by atoms with van der Waals surface area (Å²) < 4.78 is 0. The third-order valence-corrected chi connectivity index (χ3v) is 4.48. The van der Waals surface area contributed by atoms with Crippen LogP contribution in [-0.4, -0.2) is 31.1 Å². The number of nitrogens with one attached hydrogen (secondary N) is 1. The van der Waals surface area contributed by atoms with E-state index in [4.69, 9.17) is 0 Å². The van der Waals surface area contributed by atoms with Crippen LogP contribution in [-0.2, 0) is 19.4 Å².